The SMILES string of the molecule is C=C1CC[C@@H](N2C(=O)c3ccc(N4CC5(CCN(Cc6c(CC)cc(-c7cn(C)c(=O)c8c7CN(C(=O)NC)C8)cc6OC)CC5)C4)cc3C2=O)C(=O)N1. The molecule has 2 N–H and O–H groups in total. The zero-order valence-corrected chi connectivity index (χ0v) is 31.4. The third-order valence-corrected chi connectivity index (χ3v) is 12.3. The van der Waals surface area contributed by atoms with Gasteiger partial charge in [-0.25, -0.2) is 4.79 Å². The standard InChI is InChI=1S/C41H47N7O6/c1-6-25-15-26(30-18-44(4)37(50)33-21-46(20-32(30)33)40(53)42-3)16-35(54-5)31(25)19-45-13-11-41(12-14-45)22-47(23-41)27-8-9-28-29(17-27)39(52)48(38(28)51)34-10-7-24(2)43-36(34)49/h8-9,15-18,34H,2,6-7,10-14,19-23H2,1,3-5H3,(H,42,53)(H,43,49)/t34-/m1/s1. The second-order valence-corrected chi connectivity index (χ2v) is 15.5. The number of rotatable bonds is 7. The van der Waals surface area contributed by atoms with Gasteiger partial charge in [-0.3, -0.25) is 29.0 Å². The second kappa shape index (κ2) is 13.5. The van der Waals surface area contributed by atoms with Crippen molar-refractivity contribution in [3.63, 3.8) is 0 Å². The van der Waals surface area contributed by atoms with Crippen molar-refractivity contribution >= 4 is 29.4 Å². The molecule has 5 amide bonds. The first-order valence-electron chi connectivity index (χ1n) is 18.8. The molecule has 0 radical (unpaired) electrons. The summed E-state index contributed by atoms with van der Waals surface area (Å²) in [6.07, 6.45) is 5.71. The van der Waals surface area contributed by atoms with Crippen LogP contribution in [0.5, 0.6) is 5.75 Å². The van der Waals surface area contributed by atoms with Crippen LogP contribution in [-0.2, 0) is 37.9 Å². The molecule has 2 aromatic carbocycles. The molecule has 1 atom stereocenters. The molecule has 3 fully saturated rings. The normalized spacial score (nSPS) is 20.6. The topological polar surface area (TPSA) is 137 Å². The Labute approximate surface area is 314 Å². The highest BCUT2D eigenvalue weighted by atomic mass is 16.5. The van der Waals surface area contributed by atoms with Gasteiger partial charge < -0.3 is 29.7 Å². The van der Waals surface area contributed by atoms with E-state index in [4.69, 9.17) is 4.74 Å². The van der Waals surface area contributed by atoms with Crippen LogP contribution in [0.4, 0.5) is 10.5 Å². The molecule has 6 heterocycles. The lowest BCUT2D eigenvalue weighted by Gasteiger charge is -2.55. The van der Waals surface area contributed by atoms with Gasteiger partial charge in [0.15, 0.2) is 0 Å². The highest BCUT2D eigenvalue weighted by Crippen LogP contribution is 2.44. The number of aromatic nitrogens is 1. The fraction of sp³-hybridized carbons (Fsp3) is 0.439. The predicted molar refractivity (Wildman–Crippen MR) is 203 cm³/mol. The average Bonchev–Trinajstić information content (AvgIpc) is 3.71. The number of aryl methyl sites for hydroxylation is 2. The number of pyridine rings is 1. The maximum atomic E-state index is 13.4. The Bertz CT molecular complexity index is 2150. The number of amides is 5. The Balaban J connectivity index is 0.936. The van der Waals surface area contributed by atoms with Crippen LogP contribution in [0.3, 0.4) is 0 Å². The zero-order valence-electron chi connectivity index (χ0n) is 31.4. The number of imide groups is 1. The van der Waals surface area contributed by atoms with Crippen molar-refractivity contribution < 1.29 is 23.9 Å². The number of nitrogens with one attached hydrogen (secondary N) is 2. The first-order valence-corrected chi connectivity index (χ1v) is 18.8. The van der Waals surface area contributed by atoms with Crippen molar-refractivity contribution in [2.45, 2.75) is 64.7 Å². The maximum absolute atomic E-state index is 13.4. The van der Waals surface area contributed by atoms with Gasteiger partial charge in [-0.15, -0.1) is 0 Å². The van der Waals surface area contributed by atoms with Crippen molar-refractivity contribution in [1.29, 1.82) is 0 Å². The quantitative estimate of drug-likeness (QED) is 0.351. The van der Waals surface area contributed by atoms with Crippen LogP contribution in [0, 0.1) is 5.41 Å². The summed E-state index contributed by atoms with van der Waals surface area (Å²) >= 11 is 0. The second-order valence-electron chi connectivity index (χ2n) is 15.5. The molecule has 282 valence electrons. The number of ether oxygens (including phenoxy) is 1. The van der Waals surface area contributed by atoms with Crippen LogP contribution < -0.4 is 25.8 Å². The fourth-order valence-corrected chi connectivity index (χ4v) is 9.11. The number of allylic oxidation sites excluding steroid dienone is 1. The van der Waals surface area contributed by atoms with Gasteiger partial charge in [0.05, 0.1) is 24.8 Å². The van der Waals surface area contributed by atoms with E-state index in [9.17, 15) is 24.0 Å². The number of carbonyl (C=O) groups is 4. The molecule has 3 saturated heterocycles. The number of fused-ring (bicyclic) bond motifs is 2. The smallest absolute Gasteiger partial charge is 0.317 e. The molecule has 0 saturated carbocycles. The van der Waals surface area contributed by atoms with Crippen LogP contribution in [0.25, 0.3) is 11.1 Å². The number of anilines is 1. The van der Waals surface area contributed by atoms with Crippen LogP contribution >= 0.6 is 0 Å². The highest BCUT2D eigenvalue weighted by Gasteiger charge is 2.47. The molecule has 0 bridgehead atoms. The van der Waals surface area contributed by atoms with E-state index in [-0.39, 0.29) is 29.5 Å². The van der Waals surface area contributed by atoms with Crippen LogP contribution in [-0.4, -0.2) is 89.4 Å². The van der Waals surface area contributed by atoms with Gasteiger partial charge in [0.1, 0.15) is 11.8 Å². The molecule has 0 aliphatic carbocycles. The van der Waals surface area contributed by atoms with Crippen molar-refractivity contribution in [3.8, 4) is 16.9 Å². The first kappa shape index (κ1) is 35.6. The fourth-order valence-electron chi connectivity index (χ4n) is 9.11. The Morgan fingerprint density at radius 3 is 2.41 bits per heavy atom. The molecule has 1 spiro atoms. The highest BCUT2D eigenvalue weighted by molar-refractivity contribution is 6.23. The Hall–Kier alpha value is -5.43. The predicted octanol–water partition coefficient (Wildman–Crippen LogP) is 3.77. The number of benzene rings is 2. The van der Waals surface area contributed by atoms with Crippen molar-refractivity contribution in [3.05, 3.63) is 92.5 Å². The Kier molecular flexibility index (Phi) is 8.87. The Morgan fingerprint density at radius 2 is 1.72 bits per heavy atom. The van der Waals surface area contributed by atoms with E-state index < -0.39 is 17.9 Å². The minimum absolute atomic E-state index is 0.0824. The monoisotopic (exact) mass is 733 g/mol. The lowest BCUT2D eigenvalue weighted by molar-refractivity contribution is -0.125. The van der Waals surface area contributed by atoms with Gasteiger partial charge in [-0.2, -0.15) is 0 Å². The van der Waals surface area contributed by atoms with Gasteiger partial charge in [-0.05, 0) is 86.1 Å². The molecule has 13 heteroatoms. The molecular formula is C41H47N7O6. The summed E-state index contributed by atoms with van der Waals surface area (Å²) in [6.45, 7) is 11.1. The third-order valence-electron chi connectivity index (χ3n) is 12.3. The van der Waals surface area contributed by atoms with Gasteiger partial charge in [-0.1, -0.05) is 19.6 Å². The lowest BCUT2D eigenvalue weighted by atomic mass is 9.71. The number of methoxy groups -OCH3 is 1. The summed E-state index contributed by atoms with van der Waals surface area (Å²) in [5.74, 6) is -0.363. The number of carbonyl (C=O) groups excluding carboxylic acids is 4. The molecule has 54 heavy (non-hydrogen) atoms. The van der Waals surface area contributed by atoms with Crippen LogP contribution in [0.1, 0.15) is 75.6 Å². The number of hydrogen-bond donors (Lipinski definition) is 2. The van der Waals surface area contributed by atoms with Gasteiger partial charge >= 0.3 is 6.03 Å². The van der Waals surface area contributed by atoms with E-state index in [0.717, 1.165) is 85.0 Å². The maximum Gasteiger partial charge on any atom is 0.317 e. The van der Waals surface area contributed by atoms with E-state index in [0.29, 0.717) is 41.8 Å². The zero-order chi connectivity index (χ0) is 38.1. The van der Waals surface area contributed by atoms with E-state index in [2.05, 4.69) is 46.1 Å². The summed E-state index contributed by atoms with van der Waals surface area (Å²) in [5.41, 5.74) is 8.17. The minimum atomic E-state index is -0.820. The van der Waals surface area contributed by atoms with Crippen LogP contribution in [0.15, 0.2) is 53.6 Å². The molecule has 0 unspecified atom stereocenters. The summed E-state index contributed by atoms with van der Waals surface area (Å²) in [6, 6.07) is 8.73. The molecular weight excluding hydrogens is 686 g/mol. The van der Waals surface area contributed by atoms with E-state index in [1.165, 1.54) is 11.1 Å². The van der Waals surface area contributed by atoms with E-state index in [1.807, 2.05) is 18.3 Å². The minimum Gasteiger partial charge on any atom is -0.496 e. The summed E-state index contributed by atoms with van der Waals surface area (Å²) < 4.78 is 7.63. The number of likely N-dealkylation sites (tertiary alicyclic amines) is 1. The van der Waals surface area contributed by atoms with Gasteiger partial charge in [0.2, 0.25) is 5.91 Å². The molecule has 8 rings (SSSR count). The summed E-state index contributed by atoms with van der Waals surface area (Å²) in [7, 11) is 5.06. The summed E-state index contributed by atoms with van der Waals surface area (Å²) in [5, 5.41) is 5.37. The molecule has 3 aromatic rings. The lowest BCUT2D eigenvalue weighted by Crippen LogP contribution is -2.60. The van der Waals surface area contributed by atoms with Crippen molar-refractivity contribution in [1.82, 2.24) is 29.9 Å². The Morgan fingerprint density at radius 1 is 1.00 bits per heavy atom. The average molecular weight is 734 g/mol. The van der Waals surface area contributed by atoms with E-state index in [1.54, 1.807) is 36.7 Å². The molecule has 1 aromatic heterocycles. The molecule has 13 nitrogen and oxygen atoms in total. The van der Waals surface area contributed by atoms with Gasteiger partial charge in [0.25, 0.3) is 17.4 Å². The summed E-state index contributed by atoms with van der Waals surface area (Å²) in [4.78, 5) is 72.4. The number of piperidine rings is 2. The van der Waals surface area contributed by atoms with Crippen molar-refractivity contribution in [2.24, 2.45) is 12.5 Å². The number of hydrogen-bond acceptors (Lipinski definition) is 8. The number of urea groups is 1. The molecule has 5 aliphatic heterocycles. The first-order chi connectivity index (χ1) is 25.9. The van der Waals surface area contributed by atoms with Crippen molar-refractivity contribution in [2.75, 3.05) is 45.2 Å². The van der Waals surface area contributed by atoms with E-state index >= 15 is 0 Å². The van der Waals surface area contributed by atoms with Gasteiger partial charge in [0, 0.05) is 80.0 Å². The number of nitrogens with zero attached hydrogens (tertiary/aromatic N) is 5. The van der Waals surface area contributed by atoms with Crippen LogP contribution in [0.2, 0.25) is 0 Å². The molecule has 5 aliphatic rings. The largest absolute Gasteiger partial charge is 0.496 e. The third kappa shape index (κ3) is 5.85.